The number of ether oxygens (including phenoxy) is 2. The Morgan fingerprint density at radius 3 is 2.43 bits per heavy atom. The third kappa shape index (κ3) is 4.75. The smallest absolute Gasteiger partial charge is 0.213 e. The van der Waals surface area contributed by atoms with Crippen LogP contribution in [0.25, 0.3) is 0 Å². The fraction of sp³-hybridized carbons (Fsp3) is 0.545. The van der Waals surface area contributed by atoms with Crippen LogP contribution in [0, 0.1) is 0 Å². The van der Waals surface area contributed by atoms with Crippen LogP contribution in [0.1, 0.15) is 56.2 Å². The lowest BCUT2D eigenvalue weighted by Crippen LogP contribution is -2.31. The first-order valence-corrected chi connectivity index (χ1v) is 11.9. The minimum Gasteiger partial charge on any atom is -0.475 e. The molecule has 1 aliphatic rings. The second-order valence-corrected chi connectivity index (χ2v) is 10.3. The van der Waals surface area contributed by atoms with Crippen LogP contribution >= 0.6 is 0 Å². The summed E-state index contributed by atoms with van der Waals surface area (Å²) in [4.78, 5) is 12.8. The molecule has 30 heavy (non-hydrogen) atoms. The summed E-state index contributed by atoms with van der Waals surface area (Å²) in [6, 6.07) is 7.41. The van der Waals surface area contributed by atoms with Crippen LogP contribution in [0.5, 0.6) is 5.88 Å². The Morgan fingerprint density at radius 1 is 1.23 bits per heavy atom. The molecule has 1 atom stereocenters. The van der Waals surface area contributed by atoms with Gasteiger partial charge in [0.2, 0.25) is 15.7 Å². The Labute approximate surface area is 178 Å². The maximum Gasteiger partial charge on any atom is 0.213 e. The Morgan fingerprint density at radius 2 is 1.87 bits per heavy atom. The van der Waals surface area contributed by atoms with Gasteiger partial charge < -0.3 is 9.47 Å². The molecule has 0 saturated heterocycles. The Hall–Kier alpha value is -2.19. The van der Waals surface area contributed by atoms with Crippen LogP contribution in [0.4, 0.5) is 0 Å². The van der Waals surface area contributed by atoms with Crippen LogP contribution in [-0.2, 0) is 32.3 Å². The van der Waals surface area contributed by atoms with Crippen LogP contribution in [0.2, 0.25) is 0 Å². The van der Waals surface area contributed by atoms with Crippen molar-refractivity contribution < 1.29 is 22.7 Å². The number of nitrogens with zero attached hydrogens (tertiary/aromatic N) is 2. The molecule has 3 rings (SSSR count). The first-order valence-electron chi connectivity index (χ1n) is 10.2. The molecule has 0 radical (unpaired) electrons. The van der Waals surface area contributed by atoms with Gasteiger partial charge in [0, 0.05) is 19.6 Å². The summed E-state index contributed by atoms with van der Waals surface area (Å²) in [6.45, 7) is 9.06. The highest BCUT2D eigenvalue weighted by atomic mass is 32.2. The van der Waals surface area contributed by atoms with Crippen LogP contribution in [0.3, 0.4) is 0 Å². The highest BCUT2D eigenvalue weighted by molar-refractivity contribution is 7.92. The molecule has 0 aliphatic carbocycles. The third-order valence-corrected chi connectivity index (χ3v) is 6.92. The van der Waals surface area contributed by atoms with E-state index in [0.717, 1.165) is 16.7 Å². The van der Waals surface area contributed by atoms with Crippen molar-refractivity contribution in [2.45, 2.75) is 63.6 Å². The minimum absolute atomic E-state index is 0.0942. The lowest BCUT2D eigenvalue weighted by atomic mass is 9.86. The van der Waals surface area contributed by atoms with Crippen molar-refractivity contribution in [3.05, 3.63) is 41.0 Å². The predicted molar refractivity (Wildman–Crippen MR) is 114 cm³/mol. The monoisotopic (exact) mass is 434 g/mol. The SMILES string of the molecule is COC1COc2cc(S(=O)(=O)CC(=O)Cc3c(C(C)C)cccc3C(C)C)nn2C1. The number of methoxy groups -OCH3 is 1. The van der Waals surface area contributed by atoms with Gasteiger partial charge in [-0.2, -0.15) is 5.10 Å². The number of carbonyl (C=O) groups is 1. The number of fused-ring (bicyclic) bond motifs is 1. The Bertz CT molecular complexity index is 998. The van der Waals surface area contributed by atoms with Gasteiger partial charge in [-0.1, -0.05) is 45.9 Å². The highest BCUT2D eigenvalue weighted by Crippen LogP contribution is 2.29. The molecule has 7 nitrogen and oxygen atoms in total. The molecule has 0 amide bonds. The summed E-state index contributed by atoms with van der Waals surface area (Å²) in [6.07, 6.45) is -0.0896. The van der Waals surface area contributed by atoms with Crippen molar-refractivity contribution in [3.8, 4) is 5.88 Å². The van der Waals surface area contributed by atoms with Crippen molar-refractivity contribution in [3.63, 3.8) is 0 Å². The van der Waals surface area contributed by atoms with Crippen LogP contribution < -0.4 is 4.74 Å². The summed E-state index contributed by atoms with van der Waals surface area (Å²) >= 11 is 0. The fourth-order valence-electron chi connectivity index (χ4n) is 3.79. The molecule has 2 heterocycles. The van der Waals surface area contributed by atoms with Crippen molar-refractivity contribution in [2.75, 3.05) is 19.5 Å². The molecule has 1 aromatic heterocycles. The van der Waals surface area contributed by atoms with Gasteiger partial charge in [-0.3, -0.25) is 4.79 Å². The molecule has 0 spiro atoms. The van der Waals surface area contributed by atoms with E-state index >= 15 is 0 Å². The first kappa shape index (κ1) is 22.5. The number of aromatic nitrogens is 2. The standard InChI is InChI=1S/C22H30N2O5S/c1-14(2)18-7-6-8-19(15(3)4)20(18)9-16(25)13-30(26,27)21-10-22-24(23-21)11-17(28-5)12-29-22/h6-8,10,14-15,17H,9,11-13H2,1-5H3. The maximum absolute atomic E-state index is 12.9. The lowest BCUT2D eigenvalue weighted by Gasteiger charge is -2.22. The number of benzene rings is 1. The lowest BCUT2D eigenvalue weighted by molar-refractivity contribution is -0.116. The Balaban J connectivity index is 1.81. The summed E-state index contributed by atoms with van der Waals surface area (Å²) in [5, 5.41) is 4.01. The van der Waals surface area contributed by atoms with E-state index in [4.69, 9.17) is 9.47 Å². The zero-order valence-corrected chi connectivity index (χ0v) is 19.0. The molecule has 0 N–H and O–H groups in total. The van der Waals surface area contributed by atoms with E-state index in [0.29, 0.717) is 19.0 Å². The average molecular weight is 435 g/mol. The zero-order chi connectivity index (χ0) is 22.1. The van der Waals surface area contributed by atoms with E-state index < -0.39 is 15.6 Å². The van der Waals surface area contributed by atoms with Crippen LogP contribution in [-0.4, -0.2) is 49.6 Å². The van der Waals surface area contributed by atoms with E-state index in [2.05, 4.69) is 32.8 Å². The van der Waals surface area contributed by atoms with E-state index in [1.165, 1.54) is 10.7 Å². The molecule has 1 unspecified atom stereocenters. The normalized spacial score (nSPS) is 16.6. The predicted octanol–water partition coefficient (Wildman–Crippen LogP) is 3.12. The van der Waals surface area contributed by atoms with Gasteiger partial charge in [-0.25, -0.2) is 13.1 Å². The first-order chi connectivity index (χ1) is 14.1. The molecule has 2 aromatic rings. The minimum atomic E-state index is -3.87. The van der Waals surface area contributed by atoms with Crippen molar-refractivity contribution >= 4 is 15.6 Å². The van der Waals surface area contributed by atoms with Crippen molar-refractivity contribution in [1.82, 2.24) is 9.78 Å². The highest BCUT2D eigenvalue weighted by Gasteiger charge is 2.28. The summed E-state index contributed by atoms with van der Waals surface area (Å²) in [5.74, 6) is -0.0582. The molecule has 1 aromatic carbocycles. The summed E-state index contributed by atoms with van der Waals surface area (Å²) < 4.78 is 37.9. The summed E-state index contributed by atoms with van der Waals surface area (Å²) in [5.41, 5.74) is 3.12. The molecular weight excluding hydrogens is 404 g/mol. The topological polar surface area (TPSA) is 87.5 Å². The van der Waals surface area contributed by atoms with E-state index in [1.807, 2.05) is 18.2 Å². The van der Waals surface area contributed by atoms with Crippen molar-refractivity contribution in [1.29, 1.82) is 0 Å². The van der Waals surface area contributed by atoms with Gasteiger partial charge in [0.05, 0.1) is 6.54 Å². The van der Waals surface area contributed by atoms with E-state index in [1.54, 1.807) is 7.11 Å². The van der Waals surface area contributed by atoms with E-state index in [9.17, 15) is 13.2 Å². The van der Waals surface area contributed by atoms with Gasteiger partial charge in [-0.05, 0) is 28.5 Å². The van der Waals surface area contributed by atoms with Crippen LogP contribution in [0.15, 0.2) is 29.3 Å². The molecule has 8 heteroatoms. The quantitative estimate of drug-likeness (QED) is 0.634. The zero-order valence-electron chi connectivity index (χ0n) is 18.2. The average Bonchev–Trinajstić information content (AvgIpc) is 3.11. The van der Waals surface area contributed by atoms with Gasteiger partial charge in [0.25, 0.3) is 0 Å². The molecule has 0 fully saturated rings. The molecule has 0 saturated carbocycles. The number of rotatable bonds is 8. The second kappa shape index (κ2) is 8.89. The largest absolute Gasteiger partial charge is 0.475 e. The Kier molecular flexibility index (Phi) is 6.67. The molecule has 0 bridgehead atoms. The number of hydrogen-bond acceptors (Lipinski definition) is 6. The second-order valence-electron chi connectivity index (χ2n) is 8.37. The third-order valence-electron chi connectivity index (χ3n) is 5.38. The number of sulfone groups is 1. The number of carbonyl (C=O) groups excluding carboxylic acids is 1. The van der Waals surface area contributed by atoms with Gasteiger partial charge in [-0.15, -0.1) is 0 Å². The van der Waals surface area contributed by atoms with Gasteiger partial charge in [0.1, 0.15) is 18.5 Å². The molecule has 164 valence electrons. The van der Waals surface area contributed by atoms with Crippen molar-refractivity contribution in [2.24, 2.45) is 0 Å². The summed E-state index contributed by atoms with van der Waals surface area (Å²) in [7, 11) is -2.30. The number of hydrogen-bond donors (Lipinski definition) is 0. The molecular formula is C22H30N2O5S. The maximum atomic E-state index is 12.9. The van der Waals surface area contributed by atoms with E-state index in [-0.39, 0.29) is 35.2 Å². The van der Waals surface area contributed by atoms with Gasteiger partial charge >= 0.3 is 0 Å². The molecule has 1 aliphatic heterocycles. The fourth-order valence-corrected chi connectivity index (χ4v) is 4.96. The number of Topliss-reactive ketones (excluding diaryl/α,β-unsaturated/α-hetero) is 1. The van der Waals surface area contributed by atoms with Gasteiger partial charge in [0.15, 0.2) is 10.8 Å². The number of ketones is 1.